The minimum atomic E-state index is 0.304. The maximum Gasteiger partial charge on any atom is 0.231 e. The van der Waals surface area contributed by atoms with Crippen molar-refractivity contribution in [3.8, 4) is 11.3 Å². The van der Waals surface area contributed by atoms with Crippen LogP contribution in [0.1, 0.15) is 6.42 Å². The van der Waals surface area contributed by atoms with E-state index in [1.165, 1.54) is 6.33 Å². The largest absolute Gasteiger partial charge is 0.438 e. The molecule has 0 saturated carbocycles. The molecule has 0 bridgehead atoms. The van der Waals surface area contributed by atoms with Crippen molar-refractivity contribution in [3.63, 3.8) is 0 Å². The summed E-state index contributed by atoms with van der Waals surface area (Å²) < 4.78 is 11.2. The number of hydrogen-bond acceptors (Lipinski definition) is 5. The van der Waals surface area contributed by atoms with Crippen molar-refractivity contribution in [2.75, 3.05) is 18.5 Å². The van der Waals surface area contributed by atoms with Gasteiger partial charge in [-0.2, -0.15) is 0 Å². The van der Waals surface area contributed by atoms with E-state index in [1.54, 1.807) is 0 Å². The Morgan fingerprint density at radius 2 is 2.05 bits per heavy atom. The topological polar surface area (TPSA) is 60.2 Å². The Kier molecular flexibility index (Phi) is 3.05. The van der Waals surface area contributed by atoms with Gasteiger partial charge in [0.15, 0.2) is 0 Å². The SMILES string of the molecule is c1ccc(-c2cc3c(N[C@H]4CCOC4)ncnc3o2)cc1. The first kappa shape index (κ1) is 12.3. The van der Waals surface area contributed by atoms with Crippen LogP contribution in [0.25, 0.3) is 22.4 Å². The van der Waals surface area contributed by atoms with E-state index in [1.807, 2.05) is 36.4 Å². The standard InChI is InChI=1S/C16H15N3O2/c1-2-4-11(5-3-1)14-8-13-15(17-10-18-16(13)21-14)19-12-6-7-20-9-12/h1-5,8,10,12H,6-7,9H2,(H,17,18,19)/t12-/m0/s1. The van der Waals surface area contributed by atoms with Crippen molar-refractivity contribution in [1.82, 2.24) is 9.97 Å². The van der Waals surface area contributed by atoms with Gasteiger partial charge in [0.2, 0.25) is 5.71 Å². The molecule has 3 heterocycles. The zero-order chi connectivity index (χ0) is 14.1. The number of furan rings is 1. The van der Waals surface area contributed by atoms with E-state index >= 15 is 0 Å². The highest BCUT2D eigenvalue weighted by molar-refractivity contribution is 5.89. The predicted molar refractivity (Wildman–Crippen MR) is 80.1 cm³/mol. The maximum absolute atomic E-state index is 5.84. The molecule has 0 unspecified atom stereocenters. The first-order chi connectivity index (χ1) is 10.4. The first-order valence-electron chi connectivity index (χ1n) is 7.04. The van der Waals surface area contributed by atoms with Gasteiger partial charge in [-0.3, -0.25) is 0 Å². The minimum Gasteiger partial charge on any atom is -0.438 e. The molecule has 21 heavy (non-hydrogen) atoms. The van der Waals surface area contributed by atoms with Crippen LogP contribution < -0.4 is 5.32 Å². The van der Waals surface area contributed by atoms with Crippen LogP contribution in [0.5, 0.6) is 0 Å². The number of nitrogens with one attached hydrogen (secondary N) is 1. The molecule has 1 aliphatic rings. The fourth-order valence-electron chi connectivity index (χ4n) is 2.56. The molecule has 1 atom stereocenters. The van der Waals surface area contributed by atoms with Crippen LogP contribution in [0.15, 0.2) is 47.1 Å². The zero-order valence-corrected chi connectivity index (χ0v) is 11.5. The van der Waals surface area contributed by atoms with Crippen LogP contribution in [0.4, 0.5) is 5.82 Å². The lowest BCUT2D eigenvalue weighted by atomic mass is 10.1. The molecular weight excluding hydrogens is 266 g/mol. The molecule has 0 amide bonds. The summed E-state index contributed by atoms with van der Waals surface area (Å²) in [6.07, 6.45) is 2.52. The number of aromatic nitrogens is 2. The minimum absolute atomic E-state index is 0.304. The molecule has 5 nitrogen and oxygen atoms in total. The monoisotopic (exact) mass is 281 g/mol. The Morgan fingerprint density at radius 3 is 2.86 bits per heavy atom. The van der Waals surface area contributed by atoms with Crippen molar-refractivity contribution in [2.24, 2.45) is 0 Å². The van der Waals surface area contributed by atoms with Gasteiger partial charge in [0.05, 0.1) is 18.0 Å². The van der Waals surface area contributed by atoms with Gasteiger partial charge in [0, 0.05) is 12.2 Å². The van der Waals surface area contributed by atoms with Crippen LogP contribution in [0.2, 0.25) is 0 Å². The van der Waals surface area contributed by atoms with Gasteiger partial charge in [-0.15, -0.1) is 0 Å². The summed E-state index contributed by atoms with van der Waals surface area (Å²) >= 11 is 0. The number of hydrogen-bond donors (Lipinski definition) is 1. The molecule has 0 aliphatic carbocycles. The van der Waals surface area contributed by atoms with Gasteiger partial charge in [0.25, 0.3) is 0 Å². The second-order valence-corrected chi connectivity index (χ2v) is 5.12. The lowest BCUT2D eigenvalue weighted by Crippen LogP contribution is -2.19. The van der Waals surface area contributed by atoms with Gasteiger partial charge >= 0.3 is 0 Å². The Hall–Kier alpha value is -2.40. The van der Waals surface area contributed by atoms with Crippen molar-refractivity contribution in [2.45, 2.75) is 12.5 Å². The molecule has 4 rings (SSSR count). The summed E-state index contributed by atoms with van der Waals surface area (Å²) in [6.45, 7) is 1.52. The normalized spacial score (nSPS) is 18.2. The second kappa shape index (κ2) is 5.18. The maximum atomic E-state index is 5.84. The van der Waals surface area contributed by atoms with E-state index in [0.29, 0.717) is 11.8 Å². The van der Waals surface area contributed by atoms with E-state index in [0.717, 1.165) is 42.2 Å². The van der Waals surface area contributed by atoms with Crippen molar-refractivity contribution >= 4 is 16.9 Å². The Labute approximate surface area is 122 Å². The molecule has 3 aromatic rings. The molecule has 0 radical (unpaired) electrons. The number of rotatable bonds is 3. The average Bonchev–Trinajstić information content (AvgIpc) is 3.17. The summed E-state index contributed by atoms with van der Waals surface area (Å²) in [6, 6.07) is 12.3. The summed E-state index contributed by atoms with van der Waals surface area (Å²) in [5, 5.41) is 4.32. The third-order valence-electron chi connectivity index (χ3n) is 3.66. The van der Waals surface area contributed by atoms with Crippen molar-refractivity contribution in [3.05, 3.63) is 42.7 Å². The van der Waals surface area contributed by atoms with Crippen LogP contribution in [0.3, 0.4) is 0 Å². The van der Waals surface area contributed by atoms with E-state index in [9.17, 15) is 0 Å². The van der Waals surface area contributed by atoms with Crippen molar-refractivity contribution < 1.29 is 9.15 Å². The quantitative estimate of drug-likeness (QED) is 0.799. The smallest absolute Gasteiger partial charge is 0.231 e. The first-order valence-corrected chi connectivity index (χ1v) is 7.04. The predicted octanol–water partition coefficient (Wildman–Crippen LogP) is 3.09. The number of fused-ring (bicyclic) bond motifs is 1. The Balaban J connectivity index is 1.73. The summed E-state index contributed by atoms with van der Waals surface area (Å²) in [5.41, 5.74) is 1.64. The number of anilines is 1. The van der Waals surface area contributed by atoms with Gasteiger partial charge < -0.3 is 14.5 Å². The molecule has 1 fully saturated rings. The molecule has 0 spiro atoms. The van der Waals surface area contributed by atoms with Crippen LogP contribution in [0, 0.1) is 0 Å². The third kappa shape index (κ3) is 2.36. The number of ether oxygens (including phenoxy) is 1. The molecule has 2 aromatic heterocycles. The van der Waals surface area contributed by atoms with E-state index < -0.39 is 0 Å². The molecule has 5 heteroatoms. The molecule has 1 aliphatic heterocycles. The highest BCUT2D eigenvalue weighted by Gasteiger charge is 2.18. The molecule has 106 valence electrons. The van der Waals surface area contributed by atoms with Gasteiger partial charge in [-0.25, -0.2) is 9.97 Å². The van der Waals surface area contributed by atoms with Crippen LogP contribution >= 0.6 is 0 Å². The van der Waals surface area contributed by atoms with Gasteiger partial charge in [-0.05, 0) is 12.5 Å². The Bertz CT molecular complexity index is 749. The lowest BCUT2D eigenvalue weighted by molar-refractivity contribution is 0.195. The third-order valence-corrected chi connectivity index (χ3v) is 3.66. The average molecular weight is 281 g/mol. The Morgan fingerprint density at radius 1 is 1.14 bits per heavy atom. The van der Waals surface area contributed by atoms with E-state index in [4.69, 9.17) is 9.15 Å². The fraction of sp³-hybridized carbons (Fsp3) is 0.250. The summed E-state index contributed by atoms with van der Waals surface area (Å²) in [4.78, 5) is 8.55. The lowest BCUT2D eigenvalue weighted by Gasteiger charge is -2.10. The molecule has 1 aromatic carbocycles. The highest BCUT2D eigenvalue weighted by atomic mass is 16.5. The summed E-state index contributed by atoms with van der Waals surface area (Å²) in [5.74, 6) is 1.61. The number of nitrogens with zero attached hydrogens (tertiary/aromatic N) is 2. The fourth-order valence-corrected chi connectivity index (χ4v) is 2.56. The van der Waals surface area contributed by atoms with Crippen LogP contribution in [-0.4, -0.2) is 29.2 Å². The van der Waals surface area contributed by atoms with E-state index in [-0.39, 0.29) is 0 Å². The summed E-state index contributed by atoms with van der Waals surface area (Å²) in [7, 11) is 0. The molecule has 1 saturated heterocycles. The second-order valence-electron chi connectivity index (χ2n) is 5.12. The van der Waals surface area contributed by atoms with Crippen molar-refractivity contribution in [1.29, 1.82) is 0 Å². The van der Waals surface area contributed by atoms with Gasteiger partial charge in [0.1, 0.15) is 17.9 Å². The van der Waals surface area contributed by atoms with Gasteiger partial charge in [-0.1, -0.05) is 30.3 Å². The molecular formula is C16H15N3O2. The highest BCUT2D eigenvalue weighted by Crippen LogP contribution is 2.30. The van der Waals surface area contributed by atoms with Crippen LogP contribution in [-0.2, 0) is 4.74 Å². The number of benzene rings is 1. The zero-order valence-electron chi connectivity index (χ0n) is 11.5. The van der Waals surface area contributed by atoms with E-state index in [2.05, 4.69) is 15.3 Å². The molecule has 1 N–H and O–H groups in total.